The number of hydrogen-bond acceptors (Lipinski definition) is 3. The van der Waals surface area contributed by atoms with Gasteiger partial charge in [-0.15, -0.1) is 0 Å². The van der Waals surface area contributed by atoms with E-state index in [1.807, 2.05) is 54.3 Å². The number of likely N-dealkylation sites (tertiary alicyclic amines) is 1. The van der Waals surface area contributed by atoms with Crippen LogP contribution in [0.25, 0.3) is 11.1 Å². The number of carbonyl (C=O) groups is 2. The first kappa shape index (κ1) is 22.6. The lowest BCUT2D eigenvalue weighted by Gasteiger charge is -2.26. The van der Waals surface area contributed by atoms with Crippen molar-refractivity contribution in [1.82, 2.24) is 4.90 Å². The maximum Gasteiger partial charge on any atom is 0.265 e. The highest BCUT2D eigenvalue weighted by Gasteiger charge is 2.20. The summed E-state index contributed by atoms with van der Waals surface area (Å²) >= 11 is 0. The second-order valence-electron chi connectivity index (χ2n) is 8.32. The van der Waals surface area contributed by atoms with Crippen molar-refractivity contribution in [3.63, 3.8) is 0 Å². The molecule has 3 aromatic rings. The molecule has 1 saturated heterocycles. The number of benzene rings is 3. The standard InChI is InChI=1S/C28H30N2O3/c1-2-26(33-25-17-13-22(14-18-25)21-9-5-3-6-10-21)27(31)29-24-15-11-23(12-16-24)28(32)30-19-7-4-8-20-30/h3,5-6,9-18,26H,2,4,7-8,19-20H2,1H3,(H,29,31). The van der Waals surface area contributed by atoms with Crippen molar-refractivity contribution < 1.29 is 14.3 Å². The number of amides is 2. The Kier molecular flexibility index (Phi) is 7.40. The van der Waals surface area contributed by atoms with E-state index in [-0.39, 0.29) is 11.8 Å². The summed E-state index contributed by atoms with van der Waals surface area (Å²) in [4.78, 5) is 27.3. The Labute approximate surface area is 195 Å². The lowest BCUT2D eigenvalue weighted by atomic mass is 10.1. The van der Waals surface area contributed by atoms with Gasteiger partial charge in [0.25, 0.3) is 11.8 Å². The van der Waals surface area contributed by atoms with Crippen LogP contribution in [0.1, 0.15) is 43.0 Å². The summed E-state index contributed by atoms with van der Waals surface area (Å²) in [6, 6.07) is 25.0. The van der Waals surface area contributed by atoms with Crippen molar-refractivity contribution in [3.05, 3.63) is 84.4 Å². The van der Waals surface area contributed by atoms with Crippen LogP contribution in [0.5, 0.6) is 5.75 Å². The van der Waals surface area contributed by atoms with Crippen molar-refractivity contribution >= 4 is 17.5 Å². The molecule has 1 N–H and O–H groups in total. The summed E-state index contributed by atoms with van der Waals surface area (Å²) < 4.78 is 5.96. The van der Waals surface area contributed by atoms with Gasteiger partial charge in [0.05, 0.1) is 0 Å². The third-order valence-corrected chi connectivity index (χ3v) is 5.95. The van der Waals surface area contributed by atoms with Gasteiger partial charge in [-0.1, -0.05) is 49.4 Å². The molecule has 1 unspecified atom stereocenters. The van der Waals surface area contributed by atoms with Gasteiger partial charge in [-0.2, -0.15) is 0 Å². The molecule has 5 nitrogen and oxygen atoms in total. The molecule has 1 aliphatic heterocycles. The fourth-order valence-electron chi connectivity index (χ4n) is 4.04. The lowest BCUT2D eigenvalue weighted by molar-refractivity contribution is -0.122. The van der Waals surface area contributed by atoms with Crippen molar-refractivity contribution in [2.75, 3.05) is 18.4 Å². The van der Waals surface area contributed by atoms with Gasteiger partial charge in [0.15, 0.2) is 6.10 Å². The average Bonchev–Trinajstić information content (AvgIpc) is 2.88. The van der Waals surface area contributed by atoms with Gasteiger partial charge in [0, 0.05) is 24.3 Å². The molecule has 1 fully saturated rings. The molecule has 4 rings (SSSR count). The number of anilines is 1. The molecule has 3 aromatic carbocycles. The first-order valence-electron chi connectivity index (χ1n) is 11.7. The zero-order chi connectivity index (χ0) is 23.0. The maximum atomic E-state index is 12.8. The van der Waals surface area contributed by atoms with E-state index in [4.69, 9.17) is 4.74 Å². The second-order valence-corrected chi connectivity index (χ2v) is 8.32. The molecule has 0 spiro atoms. The normalized spacial score (nSPS) is 14.4. The number of piperidine rings is 1. The molecule has 0 saturated carbocycles. The van der Waals surface area contributed by atoms with Crippen LogP contribution in [0.2, 0.25) is 0 Å². The van der Waals surface area contributed by atoms with E-state index in [0.29, 0.717) is 23.4 Å². The molecule has 1 heterocycles. The zero-order valence-corrected chi connectivity index (χ0v) is 19.0. The average molecular weight is 443 g/mol. The van der Waals surface area contributed by atoms with Gasteiger partial charge < -0.3 is 15.0 Å². The van der Waals surface area contributed by atoms with Crippen LogP contribution in [-0.4, -0.2) is 35.9 Å². The summed E-state index contributed by atoms with van der Waals surface area (Å²) in [5, 5.41) is 2.91. The molecule has 0 aromatic heterocycles. The molecule has 1 aliphatic rings. The second kappa shape index (κ2) is 10.8. The quantitative estimate of drug-likeness (QED) is 0.505. The number of rotatable bonds is 7. The van der Waals surface area contributed by atoms with Gasteiger partial charge in [-0.3, -0.25) is 9.59 Å². The van der Waals surface area contributed by atoms with Gasteiger partial charge in [-0.05, 0) is 73.2 Å². The van der Waals surface area contributed by atoms with Crippen LogP contribution >= 0.6 is 0 Å². The predicted octanol–water partition coefficient (Wildman–Crippen LogP) is 5.78. The summed E-state index contributed by atoms with van der Waals surface area (Å²) in [7, 11) is 0. The molecule has 0 bridgehead atoms. The van der Waals surface area contributed by atoms with Gasteiger partial charge >= 0.3 is 0 Å². The van der Waals surface area contributed by atoms with Crippen LogP contribution in [0.15, 0.2) is 78.9 Å². The highest BCUT2D eigenvalue weighted by molar-refractivity contribution is 5.97. The molecule has 1 atom stereocenters. The molecule has 0 aliphatic carbocycles. The topological polar surface area (TPSA) is 58.6 Å². The highest BCUT2D eigenvalue weighted by Crippen LogP contribution is 2.23. The van der Waals surface area contributed by atoms with Gasteiger partial charge in [0.1, 0.15) is 5.75 Å². The van der Waals surface area contributed by atoms with Gasteiger partial charge in [-0.25, -0.2) is 0 Å². The van der Waals surface area contributed by atoms with Crippen LogP contribution < -0.4 is 10.1 Å². The Morgan fingerprint density at radius 3 is 2.12 bits per heavy atom. The number of nitrogens with zero attached hydrogens (tertiary/aromatic N) is 1. The number of nitrogens with one attached hydrogen (secondary N) is 1. The van der Waals surface area contributed by atoms with Crippen molar-refractivity contribution in [2.24, 2.45) is 0 Å². The minimum atomic E-state index is -0.609. The molecular formula is C28H30N2O3. The fraction of sp³-hybridized carbons (Fsp3) is 0.286. The van der Waals surface area contributed by atoms with Crippen LogP contribution in [0.3, 0.4) is 0 Å². The smallest absolute Gasteiger partial charge is 0.265 e. The Hall–Kier alpha value is -3.60. The molecule has 33 heavy (non-hydrogen) atoms. The summed E-state index contributed by atoms with van der Waals surface area (Å²) in [6.07, 6.45) is 3.24. The van der Waals surface area contributed by atoms with Crippen molar-refractivity contribution in [1.29, 1.82) is 0 Å². The van der Waals surface area contributed by atoms with E-state index < -0.39 is 6.10 Å². The highest BCUT2D eigenvalue weighted by atomic mass is 16.5. The first-order chi connectivity index (χ1) is 16.1. The summed E-state index contributed by atoms with van der Waals surface area (Å²) in [5.41, 5.74) is 3.53. The molecule has 2 amide bonds. The molecule has 170 valence electrons. The van der Waals surface area contributed by atoms with E-state index in [9.17, 15) is 9.59 Å². The lowest BCUT2D eigenvalue weighted by Crippen LogP contribution is -2.35. The Balaban J connectivity index is 1.35. The third kappa shape index (κ3) is 5.80. The van der Waals surface area contributed by atoms with E-state index >= 15 is 0 Å². The fourth-order valence-corrected chi connectivity index (χ4v) is 4.04. The van der Waals surface area contributed by atoms with Crippen molar-refractivity contribution in [2.45, 2.75) is 38.7 Å². The molecular weight excluding hydrogens is 412 g/mol. The van der Waals surface area contributed by atoms with Crippen LogP contribution in [0, 0.1) is 0 Å². The maximum absolute atomic E-state index is 12.8. The summed E-state index contributed by atoms with van der Waals surface area (Å²) in [5.74, 6) is 0.500. The Bertz CT molecular complexity index is 1060. The van der Waals surface area contributed by atoms with E-state index in [1.165, 1.54) is 6.42 Å². The number of hydrogen-bond donors (Lipinski definition) is 1. The molecule has 0 radical (unpaired) electrons. The largest absolute Gasteiger partial charge is 0.481 e. The SMILES string of the molecule is CCC(Oc1ccc(-c2ccccc2)cc1)C(=O)Nc1ccc(C(=O)N2CCCCC2)cc1. The van der Waals surface area contributed by atoms with Crippen molar-refractivity contribution in [3.8, 4) is 16.9 Å². The Morgan fingerprint density at radius 1 is 0.848 bits per heavy atom. The van der Waals surface area contributed by atoms with Gasteiger partial charge in [0.2, 0.25) is 0 Å². The third-order valence-electron chi connectivity index (χ3n) is 5.95. The predicted molar refractivity (Wildman–Crippen MR) is 131 cm³/mol. The summed E-state index contributed by atoms with van der Waals surface area (Å²) in [6.45, 7) is 3.56. The monoisotopic (exact) mass is 442 g/mol. The van der Waals surface area contributed by atoms with Crippen LogP contribution in [-0.2, 0) is 4.79 Å². The molecule has 5 heteroatoms. The Morgan fingerprint density at radius 2 is 1.48 bits per heavy atom. The van der Waals surface area contributed by atoms with E-state index in [1.54, 1.807) is 24.3 Å². The zero-order valence-electron chi connectivity index (χ0n) is 19.0. The first-order valence-corrected chi connectivity index (χ1v) is 11.7. The minimum Gasteiger partial charge on any atom is -0.481 e. The number of ether oxygens (including phenoxy) is 1. The van der Waals surface area contributed by atoms with E-state index in [2.05, 4.69) is 17.4 Å². The number of carbonyl (C=O) groups excluding carboxylic acids is 2. The van der Waals surface area contributed by atoms with E-state index in [0.717, 1.165) is 37.1 Å². The van der Waals surface area contributed by atoms with Crippen LogP contribution in [0.4, 0.5) is 5.69 Å². The minimum absolute atomic E-state index is 0.0568.